The number of benzene rings is 1. The van der Waals surface area contributed by atoms with Gasteiger partial charge in [-0.15, -0.1) is 0 Å². The van der Waals surface area contributed by atoms with Crippen LogP contribution in [0.1, 0.15) is 48.5 Å². The third-order valence-electron chi connectivity index (χ3n) is 4.98. The van der Waals surface area contributed by atoms with Gasteiger partial charge < -0.3 is 9.64 Å². The maximum atomic E-state index is 12.6. The van der Waals surface area contributed by atoms with Crippen molar-refractivity contribution in [1.29, 1.82) is 0 Å². The topological polar surface area (TPSA) is 46.6 Å². The number of carbonyl (C=O) groups is 2. The number of likely N-dealkylation sites (tertiary alicyclic amines) is 1. The first-order valence-corrected chi connectivity index (χ1v) is 9.60. The number of hydrogen-bond donors (Lipinski definition) is 0. The predicted octanol–water partition coefficient (Wildman–Crippen LogP) is 4.15. The molecule has 2 aliphatic heterocycles. The molecule has 1 aromatic carbocycles. The maximum absolute atomic E-state index is 12.6. The van der Waals surface area contributed by atoms with E-state index in [1.807, 2.05) is 24.8 Å². The van der Waals surface area contributed by atoms with Gasteiger partial charge in [-0.3, -0.25) is 9.59 Å². The zero-order valence-electron chi connectivity index (χ0n) is 13.9. The highest BCUT2D eigenvalue weighted by Gasteiger charge is 2.44. The number of carbonyl (C=O) groups excluding carboxylic acids is 2. The van der Waals surface area contributed by atoms with E-state index in [0.717, 1.165) is 12.0 Å². The molecule has 24 heavy (non-hydrogen) atoms. The van der Waals surface area contributed by atoms with E-state index in [2.05, 4.69) is 15.9 Å². The number of fused-ring (bicyclic) bond motifs is 1. The number of piperidine rings is 1. The molecule has 4 nitrogen and oxygen atoms in total. The van der Waals surface area contributed by atoms with Gasteiger partial charge in [-0.1, -0.05) is 34.5 Å². The van der Waals surface area contributed by atoms with E-state index >= 15 is 0 Å². The number of hydrogen-bond acceptors (Lipinski definition) is 3. The Labute approximate surface area is 155 Å². The molecular formula is C18H21BrClNO3. The van der Waals surface area contributed by atoms with Crippen LogP contribution in [0.5, 0.6) is 5.75 Å². The van der Waals surface area contributed by atoms with Crippen LogP contribution in [0.2, 0.25) is 5.02 Å². The Morgan fingerprint density at radius 3 is 2.71 bits per heavy atom. The molecule has 1 aromatic rings. The molecule has 1 unspecified atom stereocenters. The van der Waals surface area contributed by atoms with E-state index in [1.165, 1.54) is 0 Å². The maximum Gasteiger partial charge on any atom is 0.236 e. The third-order valence-corrected chi connectivity index (χ3v) is 6.43. The van der Waals surface area contributed by atoms with Gasteiger partial charge in [0.25, 0.3) is 0 Å². The molecular weight excluding hydrogens is 394 g/mol. The van der Waals surface area contributed by atoms with Crippen molar-refractivity contribution in [1.82, 2.24) is 4.90 Å². The highest BCUT2D eigenvalue weighted by Crippen LogP contribution is 2.41. The lowest BCUT2D eigenvalue weighted by atomic mass is 9.82. The van der Waals surface area contributed by atoms with E-state index in [-0.39, 0.29) is 16.5 Å². The van der Waals surface area contributed by atoms with Crippen molar-refractivity contribution in [3.8, 4) is 5.75 Å². The number of nitrogens with zero attached hydrogens (tertiary/aromatic N) is 1. The van der Waals surface area contributed by atoms with Gasteiger partial charge in [0, 0.05) is 31.0 Å². The minimum atomic E-state index is -0.491. The predicted molar refractivity (Wildman–Crippen MR) is 97.3 cm³/mol. The van der Waals surface area contributed by atoms with Crippen LogP contribution in [0.25, 0.3) is 0 Å². The van der Waals surface area contributed by atoms with Crippen molar-refractivity contribution in [3.05, 3.63) is 28.3 Å². The highest BCUT2D eigenvalue weighted by atomic mass is 79.9. The van der Waals surface area contributed by atoms with Crippen LogP contribution in [-0.4, -0.2) is 40.1 Å². The third kappa shape index (κ3) is 3.21. The first-order chi connectivity index (χ1) is 11.3. The lowest BCUT2D eigenvalue weighted by Crippen LogP contribution is -2.53. The van der Waals surface area contributed by atoms with Crippen LogP contribution in [0.15, 0.2) is 12.1 Å². The van der Waals surface area contributed by atoms with Gasteiger partial charge in [-0.25, -0.2) is 0 Å². The van der Waals surface area contributed by atoms with Gasteiger partial charge in [0.15, 0.2) is 5.78 Å². The number of aryl methyl sites for hydroxylation is 1. The second-order valence-electron chi connectivity index (χ2n) is 6.68. The van der Waals surface area contributed by atoms with Crippen molar-refractivity contribution < 1.29 is 14.3 Å². The standard InChI is InChI=1S/C18H21BrClNO3/c1-3-13(19)17(23)21-6-4-18(5-7-21)10-15(22)12-9-14(20)11(2)8-16(12)24-18/h8-9,13H,3-7,10H2,1-2H3. The van der Waals surface area contributed by atoms with Gasteiger partial charge >= 0.3 is 0 Å². The van der Waals surface area contributed by atoms with Crippen LogP contribution in [0.3, 0.4) is 0 Å². The summed E-state index contributed by atoms with van der Waals surface area (Å²) in [6.45, 7) is 5.13. The fourth-order valence-corrected chi connectivity index (χ4v) is 3.85. The SMILES string of the molecule is CCC(Br)C(=O)N1CCC2(CC1)CC(=O)c1cc(Cl)c(C)cc1O2. The summed E-state index contributed by atoms with van der Waals surface area (Å²) in [7, 11) is 0. The summed E-state index contributed by atoms with van der Waals surface area (Å²) in [5.41, 5.74) is 0.981. The molecule has 0 N–H and O–H groups in total. The van der Waals surface area contributed by atoms with Crippen LogP contribution >= 0.6 is 27.5 Å². The normalized spacial score (nSPS) is 20.5. The average molecular weight is 415 g/mol. The van der Waals surface area contributed by atoms with Crippen molar-refractivity contribution in [2.45, 2.75) is 50.0 Å². The van der Waals surface area contributed by atoms with Crippen molar-refractivity contribution in [2.75, 3.05) is 13.1 Å². The second kappa shape index (κ2) is 6.68. The minimum absolute atomic E-state index is 0.0739. The van der Waals surface area contributed by atoms with E-state index in [9.17, 15) is 9.59 Å². The summed E-state index contributed by atoms with van der Waals surface area (Å²) in [5, 5.41) is 0.588. The van der Waals surface area contributed by atoms with Gasteiger partial charge in [0.1, 0.15) is 11.4 Å². The van der Waals surface area contributed by atoms with Crippen molar-refractivity contribution in [2.24, 2.45) is 0 Å². The number of halogens is 2. The Morgan fingerprint density at radius 2 is 2.08 bits per heavy atom. The minimum Gasteiger partial charge on any atom is -0.486 e. The Balaban J connectivity index is 1.76. The van der Waals surface area contributed by atoms with Crippen LogP contribution < -0.4 is 4.74 Å². The summed E-state index contributed by atoms with van der Waals surface area (Å²) in [5.74, 6) is 0.821. The fourth-order valence-electron chi connectivity index (χ4n) is 3.40. The molecule has 0 aromatic heterocycles. The molecule has 0 aliphatic carbocycles. The molecule has 2 heterocycles. The van der Waals surface area contributed by atoms with E-state index in [0.29, 0.717) is 48.7 Å². The lowest BCUT2D eigenvalue weighted by Gasteiger charge is -2.44. The molecule has 2 aliphatic rings. The van der Waals surface area contributed by atoms with Gasteiger partial charge in [0.05, 0.1) is 16.8 Å². The van der Waals surface area contributed by atoms with Crippen molar-refractivity contribution >= 4 is 39.2 Å². The van der Waals surface area contributed by atoms with E-state index in [1.54, 1.807) is 6.07 Å². The van der Waals surface area contributed by atoms with E-state index in [4.69, 9.17) is 16.3 Å². The number of alkyl halides is 1. The highest BCUT2D eigenvalue weighted by molar-refractivity contribution is 9.10. The Bertz CT molecular complexity index is 683. The number of ketones is 1. The Morgan fingerprint density at radius 1 is 1.42 bits per heavy atom. The molecule has 3 rings (SSSR count). The first-order valence-electron chi connectivity index (χ1n) is 8.30. The van der Waals surface area contributed by atoms with Gasteiger partial charge in [0.2, 0.25) is 5.91 Å². The summed E-state index contributed by atoms with van der Waals surface area (Å²) in [6, 6.07) is 3.55. The monoisotopic (exact) mass is 413 g/mol. The molecule has 1 saturated heterocycles. The second-order valence-corrected chi connectivity index (χ2v) is 8.20. The quantitative estimate of drug-likeness (QED) is 0.683. The molecule has 0 bridgehead atoms. The zero-order chi connectivity index (χ0) is 17.5. The molecule has 0 saturated carbocycles. The molecule has 1 fully saturated rings. The largest absolute Gasteiger partial charge is 0.486 e. The number of ether oxygens (including phenoxy) is 1. The van der Waals surface area contributed by atoms with Gasteiger partial charge in [-0.05, 0) is 31.0 Å². The van der Waals surface area contributed by atoms with Crippen LogP contribution in [0, 0.1) is 6.92 Å². The molecule has 0 radical (unpaired) electrons. The molecule has 6 heteroatoms. The average Bonchev–Trinajstić information content (AvgIpc) is 2.56. The molecule has 130 valence electrons. The van der Waals surface area contributed by atoms with E-state index < -0.39 is 5.60 Å². The fraction of sp³-hybridized carbons (Fsp3) is 0.556. The molecule has 1 spiro atoms. The number of rotatable bonds is 2. The van der Waals surface area contributed by atoms with Crippen LogP contribution in [0.4, 0.5) is 0 Å². The summed E-state index contributed by atoms with van der Waals surface area (Å²) >= 11 is 9.55. The lowest BCUT2D eigenvalue weighted by molar-refractivity contribution is -0.134. The first kappa shape index (κ1) is 17.7. The number of Topliss-reactive ketones (excluding diaryl/α,β-unsaturated/α-hetero) is 1. The summed E-state index contributed by atoms with van der Waals surface area (Å²) in [4.78, 5) is 26.6. The van der Waals surface area contributed by atoms with Crippen LogP contribution in [-0.2, 0) is 4.79 Å². The Hall–Kier alpha value is -1.07. The Kier molecular flexibility index (Phi) is 4.94. The van der Waals surface area contributed by atoms with Gasteiger partial charge in [-0.2, -0.15) is 0 Å². The molecule has 1 amide bonds. The summed E-state index contributed by atoms with van der Waals surface area (Å²) < 4.78 is 6.25. The molecule has 1 atom stereocenters. The summed E-state index contributed by atoms with van der Waals surface area (Å²) in [6.07, 6.45) is 2.47. The zero-order valence-corrected chi connectivity index (χ0v) is 16.2. The smallest absolute Gasteiger partial charge is 0.236 e. The number of amides is 1. The van der Waals surface area contributed by atoms with Crippen molar-refractivity contribution in [3.63, 3.8) is 0 Å².